The third-order valence-electron chi connectivity index (χ3n) is 3.34. The van der Waals surface area contributed by atoms with Crippen molar-refractivity contribution in [3.8, 4) is 0 Å². The molecule has 2 unspecified atom stereocenters. The highest BCUT2D eigenvalue weighted by Gasteiger charge is 2.11. The summed E-state index contributed by atoms with van der Waals surface area (Å²) in [5.74, 6) is 0.934. The molecule has 0 aromatic carbocycles. The molecule has 0 bridgehead atoms. The van der Waals surface area contributed by atoms with Crippen LogP contribution in [-0.4, -0.2) is 10.1 Å². The molecule has 2 atom stereocenters. The third kappa shape index (κ3) is 3.05. The van der Waals surface area contributed by atoms with Crippen LogP contribution in [0.4, 0.5) is 0 Å². The molecule has 90 valence electrons. The summed E-state index contributed by atoms with van der Waals surface area (Å²) in [5.41, 5.74) is 3.22. The van der Waals surface area contributed by atoms with Crippen LogP contribution in [0.1, 0.15) is 69.3 Å². The van der Waals surface area contributed by atoms with Gasteiger partial charge in [-0.2, -0.15) is 0 Å². The van der Waals surface area contributed by atoms with E-state index in [0.29, 0.717) is 11.8 Å². The second-order valence-corrected chi connectivity index (χ2v) is 4.60. The van der Waals surface area contributed by atoms with E-state index in [1.807, 2.05) is 12.1 Å². The van der Waals surface area contributed by atoms with Gasteiger partial charge in [-0.15, -0.1) is 0 Å². The standard InChI is InChI=1S/C14H23NO/c1-5-10(3)13-7-12(9-16)8-14(15-13)11(4)6-2/h7-8,10-11,16H,5-6,9H2,1-4H3. The van der Waals surface area contributed by atoms with Crippen molar-refractivity contribution in [3.63, 3.8) is 0 Å². The van der Waals surface area contributed by atoms with Crippen molar-refractivity contribution in [1.82, 2.24) is 4.98 Å². The molecular weight excluding hydrogens is 198 g/mol. The molecule has 0 saturated carbocycles. The van der Waals surface area contributed by atoms with Gasteiger partial charge in [0.1, 0.15) is 0 Å². The predicted octanol–water partition coefficient (Wildman–Crippen LogP) is 3.60. The lowest BCUT2D eigenvalue weighted by molar-refractivity contribution is 0.281. The number of hydrogen-bond acceptors (Lipinski definition) is 2. The molecule has 2 heteroatoms. The van der Waals surface area contributed by atoms with Gasteiger partial charge in [0.05, 0.1) is 6.61 Å². The zero-order valence-corrected chi connectivity index (χ0v) is 10.8. The smallest absolute Gasteiger partial charge is 0.0683 e. The van der Waals surface area contributed by atoms with Gasteiger partial charge in [-0.3, -0.25) is 4.98 Å². The first-order valence-corrected chi connectivity index (χ1v) is 6.23. The van der Waals surface area contributed by atoms with Crippen molar-refractivity contribution in [1.29, 1.82) is 0 Å². The normalized spacial score (nSPS) is 14.8. The third-order valence-corrected chi connectivity index (χ3v) is 3.34. The van der Waals surface area contributed by atoms with E-state index in [2.05, 4.69) is 27.7 Å². The lowest BCUT2D eigenvalue weighted by Gasteiger charge is -2.15. The summed E-state index contributed by atoms with van der Waals surface area (Å²) in [5, 5.41) is 9.27. The Morgan fingerprint density at radius 1 is 1.06 bits per heavy atom. The molecule has 0 aliphatic rings. The molecule has 1 aromatic rings. The Hall–Kier alpha value is -0.890. The zero-order chi connectivity index (χ0) is 12.1. The summed E-state index contributed by atoms with van der Waals surface area (Å²) in [7, 11) is 0. The average Bonchev–Trinajstić information content (AvgIpc) is 2.35. The Balaban J connectivity index is 3.10. The fourth-order valence-corrected chi connectivity index (χ4v) is 1.65. The zero-order valence-electron chi connectivity index (χ0n) is 10.8. The average molecular weight is 221 g/mol. The van der Waals surface area contributed by atoms with Crippen LogP contribution in [0.5, 0.6) is 0 Å². The number of rotatable bonds is 5. The monoisotopic (exact) mass is 221 g/mol. The lowest BCUT2D eigenvalue weighted by Crippen LogP contribution is -2.04. The molecule has 0 aliphatic heterocycles. The molecule has 0 aliphatic carbocycles. The Labute approximate surface area is 98.7 Å². The highest BCUT2D eigenvalue weighted by Crippen LogP contribution is 2.23. The van der Waals surface area contributed by atoms with E-state index >= 15 is 0 Å². The van der Waals surface area contributed by atoms with Gasteiger partial charge in [0, 0.05) is 11.4 Å². The second kappa shape index (κ2) is 6.00. The van der Waals surface area contributed by atoms with Gasteiger partial charge in [0.2, 0.25) is 0 Å². The van der Waals surface area contributed by atoms with Gasteiger partial charge in [0.25, 0.3) is 0 Å². The van der Waals surface area contributed by atoms with E-state index in [-0.39, 0.29) is 6.61 Å². The van der Waals surface area contributed by atoms with Crippen LogP contribution in [0.2, 0.25) is 0 Å². The van der Waals surface area contributed by atoms with Crippen LogP contribution in [0.25, 0.3) is 0 Å². The minimum Gasteiger partial charge on any atom is -0.392 e. The number of aliphatic hydroxyl groups excluding tert-OH is 1. The highest BCUT2D eigenvalue weighted by atomic mass is 16.3. The molecule has 1 rings (SSSR count). The minimum absolute atomic E-state index is 0.107. The topological polar surface area (TPSA) is 33.1 Å². The quantitative estimate of drug-likeness (QED) is 0.824. The molecule has 1 N–H and O–H groups in total. The first kappa shape index (κ1) is 13.2. The summed E-state index contributed by atoms with van der Waals surface area (Å²) in [6.45, 7) is 8.81. The first-order chi connectivity index (χ1) is 7.62. The van der Waals surface area contributed by atoms with Crippen LogP contribution in [0, 0.1) is 0 Å². The van der Waals surface area contributed by atoms with E-state index in [4.69, 9.17) is 4.98 Å². The largest absolute Gasteiger partial charge is 0.392 e. The number of aromatic nitrogens is 1. The summed E-state index contributed by atoms with van der Waals surface area (Å²) in [6, 6.07) is 4.06. The van der Waals surface area contributed by atoms with E-state index < -0.39 is 0 Å². The molecule has 0 saturated heterocycles. The molecule has 0 radical (unpaired) electrons. The number of aliphatic hydroxyl groups is 1. The van der Waals surface area contributed by atoms with E-state index in [9.17, 15) is 5.11 Å². The van der Waals surface area contributed by atoms with Crippen LogP contribution in [0.3, 0.4) is 0 Å². The SMILES string of the molecule is CCC(C)c1cc(CO)cc(C(C)CC)n1. The van der Waals surface area contributed by atoms with Gasteiger partial charge in [-0.25, -0.2) is 0 Å². The molecule has 2 nitrogen and oxygen atoms in total. The minimum atomic E-state index is 0.107. The highest BCUT2D eigenvalue weighted by molar-refractivity contribution is 5.24. The summed E-state index contributed by atoms with van der Waals surface area (Å²) in [6.07, 6.45) is 2.17. The molecule has 1 heterocycles. The van der Waals surface area contributed by atoms with Gasteiger partial charge < -0.3 is 5.11 Å². The molecular formula is C14H23NO. The van der Waals surface area contributed by atoms with Crippen LogP contribution >= 0.6 is 0 Å². The lowest BCUT2D eigenvalue weighted by atomic mass is 9.98. The Kier molecular flexibility index (Phi) is 4.94. The Bertz CT molecular complexity index is 307. The predicted molar refractivity (Wildman–Crippen MR) is 67.6 cm³/mol. The summed E-state index contributed by atoms with van der Waals surface area (Å²) < 4.78 is 0. The number of hydrogen-bond donors (Lipinski definition) is 1. The first-order valence-electron chi connectivity index (χ1n) is 6.23. The van der Waals surface area contributed by atoms with Crippen molar-refractivity contribution >= 4 is 0 Å². The molecule has 16 heavy (non-hydrogen) atoms. The second-order valence-electron chi connectivity index (χ2n) is 4.60. The van der Waals surface area contributed by atoms with Crippen molar-refractivity contribution in [3.05, 3.63) is 29.1 Å². The van der Waals surface area contributed by atoms with Gasteiger partial charge in [-0.05, 0) is 42.4 Å². The van der Waals surface area contributed by atoms with Crippen molar-refractivity contribution < 1.29 is 5.11 Å². The molecule has 0 fully saturated rings. The fourth-order valence-electron chi connectivity index (χ4n) is 1.65. The maximum atomic E-state index is 9.27. The summed E-state index contributed by atoms with van der Waals surface area (Å²) in [4.78, 5) is 4.71. The summed E-state index contributed by atoms with van der Waals surface area (Å²) >= 11 is 0. The van der Waals surface area contributed by atoms with Crippen molar-refractivity contribution in [2.45, 2.75) is 59.0 Å². The Morgan fingerprint density at radius 3 is 1.81 bits per heavy atom. The van der Waals surface area contributed by atoms with Crippen molar-refractivity contribution in [2.24, 2.45) is 0 Å². The van der Waals surface area contributed by atoms with Gasteiger partial charge >= 0.3 is 0 Å². The molecule has 1 aromatic heterocycles. The van der Waals surface area contributed by atoms with E-state index in [0.717, 1.165) is 29.8 Å². The van der Waals surface area contributed by atoms with E-state index in [1.165, 1.54) is 0 Å². The molecule has 0 amide bonds. The van der Waals surface area contributed by atoms with Crippen LogP contribution in [-0.2, 0) is 6.61 Å². The van der Waals surface area contributed by atoms with Crippen molar-refractivity contribution in [2.75, 3.05) is 0 Å². The van der Waals surface area contributed by atoms with Crippen LogP contribution < -0.4 is 0 Å². The number of pyridine rings is 1. The maximum absolute atomic E-state index is 9.27. The molecule has 0 spiro atoms. The van der Waals surface area contributed by atoms with Crippen LogP contribution in [0.15, 0.2) is 12.1 Å². The van der Waals surface area contributed by atoms with E-state index in [1.54, 1.807) is 0 Å². The number of nitrogens with zero attached hydrogens (tertiary/aromatic N) is 1. The maximum Gasteiger partial charge on any atom is 0.0683 e. The fraction of sp³-hybridized carbons (Fsp3) is 0.643. The Morgan fingerprint density at radius 2 is 1.50 bits per heavy atom. The van der Waals surface area contributed by atoms with Gasteiger partial charge in [0.15, 0.2) is 0 Å². The van der Waals surface area contributed by atoms with Gasteiger partial charge in [-0.1, -0.05) is 27.7 Å².